The van der Waals surface area contributed by atoms with Crippen molar-refractivity contribution < 1.29 is 5.11 Å². The van der Waals surface area contributed by atoms with E-state index in [-0.39, 0.29) is 11.4 Å². The average molecular weight is 343 g/mol. The minimum absolute atomic E-state index is 0.0135. The SMILES string of the molecule is CCn1c(=O)c(-c2ccc(-c3cccc(Cl)c3)cc2C)c(O)n1C. The highest BCUT2D eigenvalue weighted by Gasteiger charge is 2.19. The van der Waals surface area contributed by atoms with Crippen molar-refractivity contribution in [2.45, 2.75) is 20.4 Å². The Morgan fingerprint density at radius 1 is 1.12 bits per heavy atom. The molecule has 0 spiro atoms. The molecule has 1 heterocycles. The van der Waals surface area contributed by atoms with E-state index in [1.807, 2.05) is 56.3 Å². The van der Waals surface area contributed by atoms with Gasteiger partial charge in [0.2, 0.25) is 5.88 Å². The number of aromatic nitrogens is 2. The molecule has 4 nitrogen and oxygen atoms in total. The van der Waals surface area contributed by atoms with Gasteiger partial charge in [-0.3, -0.25) is 9.48 Å². The van der Waals surface area contributed by atoms with Crippen LogP contribution in [0.25, 0.3) is 22.3 Å². The van der Waals surface area contributed by atoms with Gasteiger partial charge in [-0.05, 0) is 48.2 Å². The van der Waals surface area contributed by atoms with E-state index in [0.717, 1.165) is 22.3 Å². The number of aromatic hydroxyl groups is 1. The molecule has 2 aromatic carbocycles. The summed E-state index contributed by atoms with van der Waals surface area (Å²) in [6.07, 6.45) is 0. The Morgan fingerprint density at radius 3 is 2.42 bits per heavy atom. The highest BCUT2D eigenvalue weighted by molar-refractivity contribution is 6.30. The molecule has 0 radical (unpaired) electrons. The largest absolute Gasteiger partial charge is 0.493 e. The van der Waals surface area contributed by atoms with Crippen LogP contribution in [0.3, 0.4) is 0 Å². The molecule has 5 heteroatoms. The van der Waals surface area contributed by atoms with E-state index in [2.05, 4.69) is 0 Å². The zero-order valence-electron chi connectivity index (χ0n) is 13.9. The molecular weight excluding hydrogens is 324 g/mol. The number of benzene rings is 2. The Bertz CT molecular complexity index is 970. The van der Waals surface area contributed by atoms with Gasteiger partial charge >= 0.3 is 0 Å². The molecule has 0 unspecified atom stereocenters. The number of hydrogen-bond acceptors (Lipinski definition) is 2. The molecule has 0 saturated carbocycles. The molecule has 1 N–H and O–H groups in total. The zero-order chi connectivity index (χ0) is 17.4. The minimum atomic E-state index is -0.184. The Hall–Kier alpha value is -2.46. The molecule has 0 aliphatic rings. The first-order valence-electron chi connectivity index (χ1n) is 7.79. The van der Waals surface area contributed by atoms with Crippen molar-refractivity contribution in [3.63, 3.8) is 0 Å². The molecule has 124 valence electrons. The van der Waals surface area contributed by atoms with E-state index >= 15 is 0 Å². The number of aryl methyl sites for hydroxylation is 1. The summed E-state index contributed by atoms with van der Waals surface area (Å²) in [5.41, 5.74) is 3.86. The number of nitrogens with zero attached hydrogens (tertiary/aromatic N) is 2. The fourth-order valence-electron chi connectivity index (χ4n) is 3.02. The van der Waals surface area contributed by atoms with E-state index in [9.17, 15) is 9.90 Å². The van der Waals surface area contributed by atoms with E-state index in [4.69, 9.17) is 11.6 Å². The van der Waals surface area contributed by atoms with Crippen molar-refractivity contribution in [2.75, 3.05) is 0 Å². The first kappa shape index (κ1) is 16.4. The second-order valence-corrected chi connectivity index (χ2v) is 6.22. The first-order valence-corrected chi connectivity index (χ1v) is 8.17. The van der Waals surface area contributed by atoms with Crippen LogP contribution in [0.5, 0.6) is 5.88 Å². The van der Waals surface area contributed by atoms with Gasteiger partial charge in [0.15, 0.2) is 0 Å². The smallest absolute Gasteiger partial charge is 0.278 e. The topological polar surface area (TPSA) is 47.2 Å². The summed E-state index contributed by atoms with van der Waals surface area (Å²) in [7, 11) is 1.68. The fraction of sp³-hybridized carbons (Fsp3) is 0.211. The predicted molar refractivity (Wildman–Crippen MR) is 97.6 cm³/mol. The van der Waals surface area contributed by atoms with E-state index in [0.29, 0.717) is 17.1 Å². The summed E-state index contributed by atoms with van der Waals surface area (Å²) in [4.78, 5) is 12.6. The van der Waals surface area contributed by atoms with Crippen LogP contribution in [0, 0.1) is 6.92 Å². The van der Waals surface area contributed by atoms with Crippen molar-refractivity contribution in [1.29, 1.82) is 0 Å². The quantitative estimate of drug-likeness (QED) is 0.775. The maximum absolute atomic E-state index is 12.6. The lowest BCUT2D eigenvalue weighted by Gasteiger charge is -2.08. The Labute approximate surface area is 145 Å². The van der Waals surface area contributed by atoms with Crippen LogP contribution in [0.2, 0.25) is 5.02 Å². The highest BCUT2D eigenvalue weighted by atomic mass is 35.5. The molecule has 1 aromatic heterocycles. The van der Waals surface area contributed by atoms with Crippen LogP contribution < -0.4 is 5.56 Å². The molecule has 24 heavy (non-hydrogen) atoms. The zero-order valence-corrected chi connectivity index (χ0v) is 14.6. The van der Waals surface area contributed by atoms with Gasteiger partial charge in [-0.1, -0.05) is 41.9 Å². The van der Waals surface area contributed by atoms with Crippen molar-refractivity contribution in [2.24, 2.45) is 7.05 Å². The third-order valence-corrected chi connectivity index (χ3v) is 4.53. The van der Waals surface area contributed by atoms with Crippen LogP contribution in [0.1, 0.15) is 12.5 Å². The molecule has 0 saturated heterocycles. The molecule has 0 bridgehead atoms. The van der Waals surface area contributed by atoms with Crippen LogP contribution >= 0.6 is 11.6 Å². The third-order valence-electron chi connectivity index (χ3n) is 4.29. The van der Waals surface area contributed by atoms with Crippen molar-refractivity contribution in [3.05, 3.63) is 63.4 Å². The van der Waals surface area contributed by atoms with Crippen LogP contribution in [0.15, 0.2) is 47.3 Å². The van der Waals surface area contributed by atoms with Gasteiger partial charge in [0.05, 0.1) is 0 Å². The number of hydrogen-bond donors (Lipinski definition) is 1. The van der Waals surface area contributed by atoms with Crippen LogP contribution in [-0.2, 0) is 13.6 Å². The van der Waals surface area contributed by atoms with Gasteiger partial charge in [-0.2, -0.15) is 0 Å². The predicted octanol–water partition coefficient (Wildman–Crippen LogP) is 4.21. The highest BCUT2D eigenvalue weighted by Crippen LogP contribution is 2.32. The van der Waals surface area contributed by atoms with E-state index in [1.165, 1.54) is 9.36 Å². The second-order valence-electron chi connectivity index (χ2n) is 5.78. The number of halogens is 1. The third kappa shape index (κ3) is 2.63. The lowest BCUT2D eigenvalue weighted by Crippen LogP contribution is -2.20. The van der Waals surface area contributed by atoms with Crippen molar-refractivity contribution in [3.8, 4) is 28.1 Å². The molecule has 0 fully saturated rings. The molecule has 0 aliphatic carbocycles. The summed E-state index contributed by atoms with van der Waals surface area (Å²) in [5, 5.41) is 11.0. The minimum Gasteiger partial charge on any atom is -0.493 e. The summed E-state index contributed by atoms with van der Waals surface area (Å²) < 4.78 is 3.00. The standard InChI is InChI=1S/C19H19ClN2O2/c1-4-22-19(24)17(18(23)21(22)3)16-9-8-14(10-12(16)2)13-6-5-7-15(20)11-13/h5-11,23H,4H2,1-3H3. The van der Waals surface area contributed by atoms with Gasteiger partial charge in [-0.15, -0.1) is 0 Å². The van der Waals surface area contributed by atoms with Gasteiger partial charge in [-0.25, -0.2) is 4.68 Å². The monoisotopic (exact) mass is 342 g/mol. The Kier molecular flexibility index (Phi) is 4.24. The fourth-order valence-corrected chi connectivity index (χ4v) is 3.21. The van der Waals surface area contributed by atoms with E-state index < -0.39 is 0 Å². The normalized spacial score (nSPS) is 11.0. The molecular formula is C19H19ClN2O2. The van der Waals surface area contributed by atoms with Crippen molar-refractivity contribution in [1.82, 2.24) is 9.36 Å². The number of rotatable bonds is 3. The van der Waals surface area contributed by atoms with E-state index in [1.54, 1.807) is 7.05 Å². The van der Waals surface area contributed by atoms with Gasteiger partial charge < -0.3 is 5.11 Å². The summed E-state index contributed by atoms with van der Waals surface area (Å²) in [6, 6.07) is 13.5. The summed E-state index contributed by atoms with van der Waals surface area (Å²) >= 11 is 6.06. The summed E-state index contributed by atoms with van der Waals surface area (Å²) in [6.45, 7) is 4.31. The average Bonchev–Trinajstić information content (AvgIpc) is 2.77. The molecule has 0 atom stereocenters. The molecule has 0 amide bonds. The van der Waals surface area contributed by atoms with Gasteiger partial charge in [0.1, 0.15) is 5.56 Å². The van der Waals surface area contributed by atoms with Crippen LogP contribution in [0.4, 0.5) is 0 Å². The van der Waals surface area contributed by atoms with Gasteiger partial charge in [0.25, 0.3) is 5.56 Å². The van der Waals surface area contributed by atoms with Crippen LogP contribution in [-0.4, -0.2) is 14.5 Å². The Morgan fingerprint density at radius 2 is 1.83 bits per heavy atom. The lowest BCUT2D eigenvalue weighted by molar-refractivity contribution is 0.387. The molecule has 3 rings (SSSR count). The molecule has 3 aromatic rings. The van der Waals surface area contributed by atoms with Crippen molar-refractivity contribution >= 4 is 11.6 Å². The molecule has 0 aliphatic heterocycles. The maximum Gasteiger partial charge on any atom is 0.278 e. The first-order chi connectivity index (χ1) is 11.4. The Balaban J connectivity index is 2.14. The lowest BCUT2D eigenvalue weighted by atomic mass is 9.97. The second kappa shape index (κ2) is 6.21. The maximum atomic E-state index is 12.6. The van der Waals surface area contributed by atoms with Gasteiger partial charge in [0, 0.05) is 18.6 Å². The summed E-state index contributed by atoms with van der Waals surface area (Å²) in [5.74, 6) is -0.0135.